The highest BCUT2D eigenvalue weighted by atomic mass is 35.5. The van der Waals surface area contributed by atoms with E-state index in [-0.39, 0.29) is 17.8 Å². The van der Waals surface area contributed by atoms with E-state index in [0.29, 0.717) is 35.6 Å². The van der Waals surface area contributed by atoms with Crippen LogP contribution in [0, 0.1) is 0 Å². The van der Waals surface area contributed by atoms with Gasteiger partial charge in [-0.05, 0) is 35.9 Å². The zero-order valence-electron chi connectivity index (χ0n) is 18.9. The van der Waals surface area contributed by atoms with Crippen molar-refractivity contribution < 1.29 is 9.84 Å². The molecular formula is C26H20Cl2N6O2. The number of halogens is 2. The maximum absolute atomic E-state index is 10.1. The molecule has 0 fully saturated rings. The van der Waals surface area contributed by atoms with E-state index in [9.17, 15) is 5.11 Å². The number of ether oxygens (including phenoxy) is 1. The number of aromatic hydroxyl groups is 1. The van der Waals surface area contributed by atoms with E-state index < -0.39 is 0 Å². The molecule has 10 heteroatoms. The molecule has 3 aromatic heterocycles. The molecule has 1 aliphatic heterocycles. The number of benzene rings is 2. The Hall–Kier alpha value is -3.75. The Morgan fingerprint density at radius 1 is 1.14 bits per heavy atom. The molecule has 0 saturated heterocycles. The third-order valence-electron chi connectivity index (χ3n) is 6.87. The number of fused-ring (bicyclic) bond motifs is 7. The summed E-state index contributed by atoms with van der Waals surface area (Å²) in [5.41, 5.74) is 5.16. The number of nitrogens with zero attached hydrogens (tertiary/aromatic N) is 4. The smallest absolute Gasteiger partial charge is 0.240 e. The summed E-state index contributed by atoms with van der Waals surface area (Å²) >= 11 is 12.7. The molecule has 4 heterocycles. The van der Waals surface area contributed by atoms with Gasteiger partial charge in [0.1, 0.15) is 17.4 Å². The van der Waals surface area contributed by atoms with Crippen molar-refractivity contribution in [1.82, 2.24) is 24.7 Å². The molecule has 2 atom stereocenters. The molecule has 36 heavy (non-hydrogen) atoms. The van der Waals surface area contributed by atoms with Crippen LogP contribution in [0.1, 0.15) is 17.9 Å². The zero-order valence-corrected chi connectivity index (χ0v) is 20.4. The molecule has 5 aromatic rings. The number of hydrogen-bond acceptors (Lipinski definition) is 6. The molecule has 2 unspecified atom stereocenters. The van der Waals surface area contributed by atoms with E-state index in [2.05, 4.69) is 43.6 Å². The molecule has 7 rings (SSSR count). The number of rotatable bonds is 5. The lowest BCUT2D eigenvalue weighted by Crippen LogP contribution is -2.18. The Morgan fingerprint density at radius 2 is 2.06 bits per heavy atom. The predicted molar refractivity (Wildman–Crippen MR) is 141 cm³/mol. The van der Waals surface area contributed by atoms with Crippen LogP contribution in [0.3, 0.4) is 0 Å². The van der Waals surface area contributed by atoms with E-state index in [4.69, 9.17) is 27.9 Å². The number of aromatic nitrogens is 5. The normalized spacial score (nSPS) is 18.4. The van der Waals surface area contributed by atoms with Crippen molar-refractivity contribution in [3.05, 3.63) is 70.6 Å². The molecule has 0 amide bonds. The highest BCUT2D eigenvalue weighted by Gasteiger charge is 2.35. The second kappa shape index (κ2) is 8.15. The molecule has 2 aliphatic rings. The first-order chi connectivity index (χ1) is 17.6. The Balaban J connectivity index is 1.25. The first-order valence-electron chi connectivity index (χ1n) is 11.6. The summed E-state index contributed by atoms with van der Waals surface area (Å²) in [6.07, 6.45) is 9.72. The molecule has 8 nitrogen and oxygen atoms in total. The summed E-state index contributed by atoms with van der Waals surface area (Å²) in [4.78, 5) is 11.6. The minimum absolute atomic E-state index is 0.0793. The molecule has 180 valence electrons. The van der Waals surface area contributed by atoms with E-state index in [1.165, 1.54) is 6.33 Å². The second-order valence-corrected chi connectivity index (χ2v) is 9.89. The fraction of sp³-hybridized carbons (Fsp3) is 0.192. The summed E-state index contributed by atoms with van der Waals surface area (Å²) in [6, 6.07) is 8.17. The van der Waals surface area contributed by atoms with Gasteiger partial charge in [0.25, 0.3) is 0 Å². The molecule has 0 spiro atoms. The van der Waals surface area contributed by atoms with Crippen molar-refractivity contribution in [3.8, 4) is 11.6 Å². The highest BCUT2D eigenvalue weighted by molar-refractivity contribution is 6.32. The number of aryl methyl sites for hydroxylation is 1. The minimum atomic E-state index is -0.0793. The van der Waals surface area contributed by atoms with Crippen molar-refractivity contribution in [3.63, 3.8) is 0 Å². The molecule has 0 bridgehead atoms. The Morgan fingerprint density at radius 3 is 2.97 bits per heavy atom. The van der Waals surface area contributed by atoms with Crippen LogP contribution in [-0.4, -0.2) is 42.5 Å². The summed E-state index contributed by atoms with van der Waals surface area (Å²) < 4.78 is 8.16. The Bertz CT molecular complexity index is 1740. The molecule has 0 radical (unpaired) electrons. The van der Waals surface area contributed by atoms with Crippen LogP contribution in [0.25, 0.3) is 32.8 Å². The summed E-state index contributed by atoms with van der Waals surface area (Å²) in [6.45, 7) is 0.992. The molecular weight excluding hydrogens is 499 g/mol. The van der Waals surface area contributed by atoms with Crippen molar-refractivity contribution in [1.29, 1.82) is 0 Å². The number of allylic oxidation sites excluding steroid dienone is 2. The van der Waals surface area contributed by atoms with Gasteiger partial charge < -0.3 is 20.1 Å². The van der Waals surface area contributed by atoms with Crippen LogP contribution in [0.15, 0.2) is 60.0 Å². The van der Waals surface area contributed by atoms with Crippen LogP contribution < -0.4 is 10.1 Å². The van der Waals surface area contributed by atoms with Crippen LogP contribution in [0.2, 0.25) is 5.02 Å². The van der Waals surface area contributed by atoms with Gasteiger partial charge in [0.05, 0.1) is 30.0 Å². The standard InChI is InChI=1S/C26H20Cl2N6O2/c27-13-2-4-19-15(8-13)17-10-18-16-9-14(28)3-5-20(16)33-23(18)25(22(17)32-19)36-7-1-6-34-24-21(11-31-34)29-12-30-26(24)35/h2-5,8-12,15,19,32-33H,1,6-7H2,(H,29,30,35). The molecule has 3 N–H and O–H groups in total. The van der Waals surface area contributed by atoms with Gasteiger partial charge in [0.15, 0.2) is 5.75 Å². The number of hydrogen-bond donors (Lipinski definition) is 3. The van der Waals surface area contributed by atoms with Gasteiger partial charge in [-0.25, -0.2) is 9.97 Å². The zero-order chi connectivity index (χ0) is 24.4. The fourth-order valence-corrected chi connectivity index (χ4v) is 5.63. The number of nitrogens with one attached hydrogen (secondary N) is 2. The van der Waals surface area contributed by atoms with Gasteiger partial charge in [0, 0.05) is 45.2 Å². The highest BCUT2D eigenvalue weighted by Crippen LogP contribution is 2.50. The van der Waals surface area contributed by atoms with Gasteiger partial charge in [-0.1, -0.05) is 35.4 Å². The van der Waals surface area contributed by atoms with E-state index >= 15 is 0 Å². The van der Waals surface area contributed by atoms with Crippen molar-refractivity contribution in [2.75, 3.05) is 11.9 Å². The lowest BCUT2D eigenvalue weighted by molar-refractivity contribution is 0.303. The quantitative estimate of drug-likeness (QED) is 0.252. The van der Waals surface area contributed by atoms with Crippen molar-refractivity contribution in [2.45, 2.75) is 24.9 Å². The number of aromatic amines is 1. The fourth-order valence-electron chi connectivity index (χ4n) is 5.25. The van der Waals surface area contributed by atoms with Gasteiger partial charge >= 0.3 is 0 Å². The third-order valence-corrected chi connectivity index (χ3v) is 7.36. The number of H-pyrrole nitrogens is 1. The lowest BCUT2D eigenvalue weighted by Gasteiger charge is -2.17. The third kappa shape index (κ3) is 3.32. The first-order valence-corrected chi connectivity index (χ1v) is 12.4. The summed E-state index contributed by atoms with van der Waals surface area (Å²) in [5, 5.41) is 21.6. The molecule has 1 aliphatic carbocycles. The van der Waals surface area contributed by atoms with E-state index in [1.54, 1.807) is 10.9 Å². The maximum Gasteiger partial charge on any atom is 0.240 e. The minimum Gasteiger partial charge on any atom is -0.492 e. The Labute approximate surface area is 215 Å². The number of anilines is 1. The summed E-state index contributed by atoms with van der Waals surface area (Å²) in [7, 11) is 0. The second-order valence-electron chi connectivity index (χ2n) is 9.01. The van der Waals surface area contributed by atoms with E-state index in [1.807, 2.05) is 24.3 Å². The van der Waals surface area contributed by atoms with Crippen LogP contribution in [0.5, 0.6) is 11.6 Å². The van der Waals surface area contributed by atoms with Gasteiger partial charge in [0.2, 0.25) is 5.88 Å². The van der Waals surface area contributed by atoms with Gasteiger partial charge in [-0.15, -0.1) is 0 Å². The Kier molecular flexibility index (Phi) is 4.87. The SMILES string of the molecule is Oc1ncnc2cnn(CCCOc3c4c(cc5c3[nH]c3ccc(Cl)cc35)C3C=C(Cl)C=CC3N4)c12. The van der Waals surface area contributed by atoms with E-state index in [0.717, 1.165) is 43.8 Å². The first kappa shape index (κ1) is 21.5. The average molecular weight is 519 g/mol. The van der Waals surface area contributed by atoms with Crippen LogP contribution in [-0.2, 0) is 6.54 Å². The molecule has 0 saturated carbocycles. The maximum atomic E-state index is 10.1. The van der Waals surface area contributed by atoms with Crippen molar-refractivity contribution >= 4 is 61.7 Å². The summed E-state index contributed by atoms with van der Waals surface area (Å²) in [5.74, 6) is 0.815. The van der Waals surface area contributed by atoms with Crippen LogP contribution in [0.4, 0.5) is 5.69 Å². The topological polar surface area (TPSA) is 101 Å². The monoisotopic (exact) mass is 518 g/mol. The van der Waals surface area contributed by atoms with Crippen LogP contribution >= 0.6 is 23.2 Å². The average Bonchev–Trinajstić information content (AvgIpc) is 3.55. The van der Waals surface area contributed by atoms with Crippen molar-refractivity contribution in [2.24, 2.45) is 0 Å². The largest absolute Gasteiger partial charge is 0.492 e. The molecule has 2 aromatic carbocycles. The van der Waals surface area contributed by atoms with Gasteiger partial charge in [-0.2, -0.15) is 5.10 Å². The predicted octanol–water partition coefficient (Wildman–Crippen LogP) is 5.86. The lowest BCUT2D eigenvalue weighted by atomic mass is 9.90. The van der Waals surface area contributed by atoms with Gasteiger partial charge in [-0.3, -0.25) is 4.68 Å².